The summed E-state index contributed by atoms with van der Waals surface area (Å²) in [6.45, 7) is 0.564. The van der Waals surface area contributed by atoms with E-state index in [4.69, 9.17) is 10.5 Å². The normalized spacial score (nSPS) is 19.6. The van der Waals surface area contributed by atoms with Gasteiger partial charge >= 0.3 is 0 Å². The highest BCUT2D eigenvalue weighted by atomic mass is 19.1. The van der Waals surface area contributed by atoms with Crippen molar-refractivity contribution in [2.75, 3.05) is 13.6 Å². The van der Waals surface area contributed by atoms with Crippen molar-refractivity contribution in [2.45, 2.75) is 25.0 Å². The standard InChI is InChI=1S/C15H19FN2O2/c1-18(10-13-7-2-3-8-20-13)14(15(17)19)11-5-4-6-12(16)9-11/h3-6,8-9,13-14H,2,7,10H2,1H3,(H2,17,19)/t13-,14+/m0/s1. The van der Waals surface area contributed by atoms with Gasteiger partial charge in [0.15, 0.2) is 0 Å². The first-order valence-corrected chi connectivity index (χ1v) is 6.63. The molecular formula is C15H19FN2O2. The van der Waals surface area contributed by atoms with Gasteiger partial charge in [0.25, 0.3) is 0 Å². The second-order valence-corrected chi connectivity index (χ2v) is 5.01. The number of hydrogen-bond acceptors (Lipinski definition) is 3. The molecule has 5 heteroatoms. The average Bonchev–Trinajstić information content (AvgIpc) is 2.39. The fraction of sp³-hybridized carbons (Fsp3) is 0.400. The summed E-state index contributed by atoms with van der Waals surface area (Å²) in [5.74, 6) is -0.872. The van der Waals surface area contributed by atoms with E-state index in [-0.39, 0.29) is 11.9 Å². The van der Waals surface area contributed by atoms with Crippen molar-refractivity contribution < 1.29 is 13.9 Å². The third kappa shape index (κ3) is 3.57. The number of halogens is 1. The molecule has 0 unspecified atom stereocenters. The second-order valence-electron chi connectivity index (χ2n) is 5.01. The van der Waals surface area contributed by atoms with Gasteiger partial charge in [-0.3, -0.25) is 9.69 Å². The average molecular weight is 278 g/mol. The van der Waals surface area contributed by atoms with Crippen molar-refractivity contribution in [1.82, 2.24) is 4.90 Å². The Labute approximate surface area is 118 Å². The minimum absolute atomic E-state index is 0.0282. The molecule has 0 saturated heterocycles. The Morgan fingerprint density at radius 1 is 1.60 bits per heavy atom. The second kappa shape index (κ2) is 6.52. The zero-order chi connectivity index (χ0) is 14.5. The fourth-order valence-corrected chi connectivity index (χ4v) is 2.46. The SMILES string of the molecule is CN(C[C@@H]1CCC=CO1)[C@@H](C(N)=O)c1cccc(F)c1. The Bertz CT molecular complexity index is 504. The molecular weight excluding hydrogens is 259 g/mol. The number of nitrogens with two attached hydrogens (primary N) is 1. The van der Waals surface area contributed by atoms with Gasteiger partial charge in [0.2, 0.25) is 5.91 Å². The molecule has 4 nitrogen and oxygen atoms in total. The molecule has 20 heavy (non-hydrogen) atoms. The molecule has 0 saturated carbocycles. The van der Waals surface area contributed by atoms with Crippen LogP contribution in [-0.2, 0) is 9.53 Å². The van der Waals surface area contributed by atoms with Gasteiger partial charge in [0.1, 0.15) is 18.0 Å². The van der Waals surface area contributed by atoms with Gasteiger partial charge in [-0.1, -0.05) is 12.1 Å². The summed E-state index contributed by atoms with van der Waals surface area (Å²) in [7, 11) is 1.79. The third-order valence-corrected chi connectivity index (χ3v) is 3.39. The maximum absolute atomic E-state index is 13.3. The lowest BCUT2D eigenvalue weighted by molar-refractivity contribution is -0.123. The van der Waals surface area contributed by atoms with Gasteiger partial charge in [-0.05, 0) is 43.7 Å². The molecule has 0 fully saturated rings. The summed E-state index contributed by atoms with van der Waals surface area (Å²) in [5.41, 5.74) is 6.03. The zero-order valence-corrected chi connectivity index (χ0v) is 11.5. The van der Waals surface area contributed by atoms with Gasteiger partial charge in [0.05, 0.1) is 6.26 Å². The molecule has 1 aliphatic heterocycles. The van der Waals surface area contributed by atoms with E-state index in [1.165, 1.54) is 12.1 Å². The summed E-state index contributed by atoms with van der Waals surface area (Å²) in [4.78, 5) is 13.5. The minimum Gasteiger partial charge on any atom is -0.497 e. The first-order valence-electron chi connectivity index (χ1n) is 6.63. The number of likely N-dealkylation sites (N-methyl/N-ethyl adjacent to an activating group) is 1. The van der Waals surface area contributed by atoms with E-state index < -0.39 is 11.9 Å². The van der Waals surface area contributed by atoms with Gasteiger partial charge < -0.3 is 10.5 Å². The van der Waals surface area contributed by atoms with Crippen molar-refractivity contribution >= 4 is 5.91 Å². The molecule has 0 spiro atoms. The molecule has 2 atom stereocenters. The molecule has 0 radical (unpaired) electrons. The van der Waals surface area contributed by atoms with E-state index in [1.807, 2.05) is 6.08 Å². The van der Waals surface area contributed by atoms with Crippen LogP contribution in [0.3, 0.4) is 0 Å². The number of primary amides is 1. The summed E-state index contributed by atoms with van der Waals surface area (Å²) in [5, 5.41) is 0. The monoisotopic (exact) mass is 278 g/mol. The number of amides is 1. The van der Waals surface area contributed by atoms with E-state index in [0.29, 0.717) is 12.1 Å². The Morgan fingerprint density at radius 3 is 3.00 bits per heavy atom. The maximum atomic E-state index is 13.3. The van der Waals surface area contributed by atoms with Crippen molar-refractivity contribution in [3.63, 3.8) is 0 Å². The molecule has 2 N–H and O–H groups in total. The Morgan fingerprint density at radius 2 is 2.40 bits per heavy atom. The first kappa shape index (κ1) is 14.5. The van der Waals surface area contributed by atoms with Gasteiger partial charge in [0, 0.05) is 6.54 Å². The number of benzene rings is 1. The van der Waals surface area contributed by atoms with Crippen molar-refractivity contribution in [3.8, 4) is 0 Å². The fourth-order valence-electron chi connectivity index (χ4n) is 2.46. The highest BCUT2D eigenvalue weighted by molar-refractivity contribution is 5.81. The predicted octanol–water partition coefficient (Wildman–Crippen LogP) is 1.98. The lowest BCUT2D eigenvalue weighted by atomic mass is 10.0. The summed E-state index contributed by atoms with van der Waals surface area (Å²) < 4.78 is 18.8. The van der Waals surface area contributed by atoms with E-state index in [0.717, 1.165) is 12.8 Å². The van der Waals surface area contributed by atoms with Crippen molar-refractivity contribution in [1.29, 1.82) is 0 Å². The van der Waals surface area contributed by atoms with E-state index in [9.17, 15) is 9.18 Å². The van der Waals surface area contributed by atoms with Crippen LogP contribution in [0.4, 0.5) is 4.39 Å². The quantitative estimate of drug-likeness (QED) is 0.896. The number of carbonyl (C=O) groups is 1. The highest BCUT2D eigenvalue weighted by Gasteiger charge is 2.26. The van der Waals surface area contributed by atoms with Crippen LogP contribution in [0.25, 0.3) is 0 Å². The van der Waals surface area contributed by atoms with Crippen LogP contribution in [0.5, 0.6) is 0 Å². The van der Waals surface area contributed by atoms with Crippen LogP contribution in [0.1, 0.15) is 24.4 Å². The van der Waals surface area contributed by atoms with Gasteiger partial charge in [-0.2, -0.15) is 0 Å². The Hall–Kier alpha value is -1.88. The summed E-state index contributed by atoms with van der Waals surface area (Å²) >= 11 is 0. The van der Waals surface area contributed by atoms with Crippen LogP contribution in [0, 0.1) is 5.82 Å². The molecule has 1 amide bonds. The molecule has 1 aliphatic rings. The smallest absolute Gasteiger partial charge is 0.239 e. The maximum Gasteiger partial charge on any atom is 0.239 e. The molecule has 1 heterocycles. The lowest BCUT2D eigenvalue weighted by Gasteiger charge is -2.30. The molecule has 1 aromatic rings. The number of hydrogen-bond donors (Lipinski definition) is 1. The third-order valence-electron chi connectivity index (χ3n) is 3.39. The number of carbonyl (C=O) groups excluding carboxylic acids is 1. The van der Waals surface area contributed by atoms with Crippen LogP contribution in [0.15, 0.2) is 36.6 Å². The van der Waals surface area contributed by atoms with Crippen LogP contribution in [-0.4, -0.2) is 30.5 Å². The first-order chi connectivity index (χ1) is 9.58. The Balaban J connectivity index is 2.11. The molecule has 0 aromatic heterocycles. The molecule has 108 valence electrons. The van der Waals surface area contributed by atoms with Gasteiger partial charge in [-0.25, -0.2) is 4.39 Å². The topological polar surface area (TPSA) is 55.6 Å². The highest BCUT2D eigenvalue weighted by Crippen LogP contribution is 2.22. The molecule has 2 rings (SSSR count). The minimum atomic E-state index is -0.653. The number of nitrogens with zero attached hydrogens (tertiary/aromatic N) is 1. The van der Waals surface area contributed by atoms with Crippen LogP contribution >= 0.6 is 0 Å². The summed E-state index contributed by atoms with van der Waals surface area (Å²) in [6, 6.07) is 5.31. The van der Waals surface area contributed by atoms with Crippen LogP contribution < -0.4 is 5.73 Å². The van der Waals surface area contributed by atoms with E-state index in [1.54, 1.807) is 30.3 Å². The molecule has 1 aromatic carbocycles. The molecule has 0 bridgehead atoms. The predicted molar refractivity (Wildman–Crippen MR) is 74.2 cm³/mol. The Kier molecular flexibility index (Phi) is 4.74. The zero-order valence-electron chi connectivity index (χ0n) is 11.5. The number of ether oxygens (including phenoxy) is 1. The largest absolute Gasteiger partial charge is 0.497 e. The number of rotatable bonds is 5. The van der Waals surface area contributed by atoms with Crippen molar-refractivity contribution in [2.24, 2.45) is 5.73 Å². The van der Waals surface area contributed by atoms with E-state index >= 15 is 0 Å². The lowest BCUT2D eigenvalue weighted by Crippen LogP contribution is -2.40. The number of allylic oxidation sites excluding steroid dienone is 1. The molecule has 0 aliphatic carbocycles. The van der Waals surface area contributed by atoms with E-state index in [2.05, 4.69) is 0 Å². The van der Waals surface area contributed by atoms with Gasteiger partial charge in [-0.15, -0.1) is 0 Å². The summed E-state index contributed by atoms with van der Waals surface area (Å²) in [6.07, 6.45) is 5.54. The van der Waals surface area contributed by atoms with Crippen LogP contribution in [0.2, 0.25) is 0 Å². The van der Waals surface area contributed by atoms with Crippen molar-refractivity contribution in [3.05, 3.63) is 48.0 Å².